The summed E-state index contributed by atoms with van der Waals surface area (Å²) in [6.07, 6.45) is 0.703. The SMILES string of the molecule is Cc1cc(Cl)ccc1OCCCNC(=O)NCCO. The zero-order valence-corrected chi connectivity index (χ0v) is 11.7. The fraction of sp³-hybridized carbons (Fsp3) is 0.462. The fourth-order valence-electron chi connectivity index (χ4n) is 1.46. The summed E-state index contributed by atoms with van der Waals surface area (Å²) >= 11 is 5.85. The first-order valence-corrected chi connectivity index (χ1v) is 6.53. The average molecular weight is 287 g/mol. The largest absolute Gasteiger partial charge is 0.493 e. The Balaban J connectivity index is 2.15. The second kappa shape index (κ2) is 8.61. The van der Waals surface area contributed by atoms with Crippen LogP contribution in [-0.4, -0.2) is 37.4 Å². The van der Waals surface area contributed by atoms with Crippen LogP contribution < -0.4 is 15.4 Å². The zero-order chi connectivity index (χ0) is 14.1. The lowest BCUT2D eigenvalue weighted by Gasteiger charge is -2.10. The molecule has 5 nitrogen and oxygen atoms in total. The highest BCUT2D eigenvalue weighted by Gasteiger charge is 2.01. The summed E-state index contributed by atoms with van der Waals surface area (Å²) in [5.41, 5.74) is 0.987. The minimum Gasteiger partial charge on any atom is -0.493 e. The number of aryl methyl sites for hydroxylation is 1. The van der Waals surface area contributed by atoms with Crippen LogP contribution in [0.25, 0.3) is 0 Å². The van der Waals surface area contributed by atoms with Crippen molar-refractivity contribution in [2.75, 3.05) is 26.3 Å². The summed E-state index contributed by atoms with van der Waals surface area (Å²) in [6.45, 7) is 3.16. The van der Waals surface area contributed by atoms with Gasteiger partial charge in [-0.2, -0.15) is 0 Å². The first kappa shape index (κ1) is 15.6. The molecule has 0 aromatic heterocycles. The lowest BCUT2D eigenvalue weighted by atomic mass is 10.2. The lowest BCUT2D eigenvalue weighted by Crippen LogP contribution is -2.37. The third kappa shape index (κ3) is 6.31. The summed E-state index contributed by atoms with van der Waals surface area (Å²) in [5.74, 6) is 0.800. The summed E-state index contributed by atoms with van der Waals surface area (Å²) in [5, 5.41) is 14.4. The molecule has 1 rings (SSSR count). The first-order chi connectivity index (χ1) is 9.13. The van der Waals surface area contributed by atoms with Gasteiger partial charge in [0, 0.05) is 18.1 Å². The molecule has 0 unspecified atom stereocenters. The number of hydrogen-bond donors (Lipinski definition) is 3. The van der Waals surface area contributed by atoms with E-state index in [4.69, 9.17) is 21.4 Å². The minimum absolute atomic E-state index is 0.0631. The lowest BCUT2D eigenvalue weighted by molar-refractivity contribution is 0.232. The molecule has 0 fully saturated rings. The molecule has 0 atom stereocenters. The quantitative estimate of drug-likeness (QED) is 0.668. The Kier molecular flexibility index (Phi) is 7.07. The minimum atomic E-state index is -0.281. The standard InChI is InChI=1S/C13H19ClN2O3/c1-10-9-11(14)3-4-12(10)19-8-2-5-15-13(18)16-6-7-17/h3-4,9,17H,2,5-8H2,1H3,(H2,15,16,18). The number of amides is 2. The van der Waals surface area contributed by atoms with Gasteiger partial charge in [-0.15, -0.1) is 0 Å². The van der Waals surface area contributed by atoms with Gasteiger partial charge in [0.1, 0.15) is 5.75 Å². The predicted molar refractivity (Wildman–Crippen MR) is 74.8 cm³/mol. The summed E-state index contributed by atoms with van der Waals surface area (Å²) < 4.78 is 5.58. The number of aliphatic hydroxyl groups excluding tert-OH is 1. The van der Waals surface area contributed by atoms with Gasteiger partial charge in [-0.3, -0.25) is 0 Å². The van der Waals surface area contributed by atoms with Crippen LogP contribution >= 0.6 is 11.6 Å². The van der Waals surface area contributed by atoms with E-state index >= 15 is 0 Å². The molecule has 0 spiro atoms. The van der Waals surface area contributed by atoms with E-state index in [0.717, 1.165) is 11.3 Å². The van der Waals surface area contributed by atoms with Gasteiger partial charge in [-0.25, -0.2) is 4.79 Å². The number of carbonyl (C=O) groups excluding carboxylic acids is 1. The highest BCUT2D eigenvalue weighted by atomic mass is 35.5. The fourth-order valence-corrected chi connectivity index (χ4v) is 1.69. The van der Waals surface area contributed by atoms with E-state index < -0.39 is 0 Å². The average Bonchev–Trinajstić information content (AvgIpc) is 2.38. The monoisotopic (exact) mass is 286 g/mol. The molecule has 0 radical (unpaired) electrons. The zero-order valence-electron chi connectivity index (χ0n) is 10.9. The molecule has 1 aromatic carbocycles. The van der Waals surface area contributed by atoms with Crippen LogP contribution in [-0.2, 0) is 0 Å². The number of urea groups is 1. The van der Waals surface area contributed by atoms with E-state index in [1.807, 2.05) is 19.1 Å². The number of hydrogen-bond acceptors (Lipinski definition) is 3. The second-order valence-electron chi connectivity index (χ2n) is 4.02. The van der Waals surface area contributed by atoms with Gasteiger partial charge in [0.15, 0.2) is 0 Å². The molecule has 1 aromatic rings. The first-order valence-electron chi connectivity index (χ1n) is 6.15. The van der Waals surface area contributed by atoms with Gasteiger partial charge in [0.05, 0.1) is 13.2 Å². The normalized spacial score (nSPS) is 10.1. The van der Waals surface area contributed by atoms with Gasteiger partial charge in [0.25, 0.3) is 0 Å². The number of nitrogens with one attached hydrogen (secondary N) is 2. The van der Waals surface area contributed by atoms with Crippen LogP contribution in [0.2, 0.25) is 5.02 Å². The number of benzene rings is 1. The molecule has 0 aliphatic carbocycles. The van der Waals surface area contributed by atoms with Crippen molar-refractivity contribution in [1.82, 2.24) is 10.6 Å². The summed E-state index contributed by atoms with van der Waals surface area (Å²) in [7, 11) is 0. The number of carbonyl (C=O) groups is 1. The van der Waals surface area contributed by atoms with Gasteiger partial charge < -0.3 is 20.5 Å². The number of rotatable bonds is 7. The third-order valence-electron chi connectivity index (χ3n) is 2.40. The van der Waals surface area contributed by atoms with E-state index in [-0.39, 0.29) is 19.2 Å². The Labute approximate surface area is 117 Å². The van der Waals surface area contributed by atoms with Crippen molar-refractivity contribution in [2.45, 2.75) is 13.3 Å². The topological polar surface area (TPSA) is 70.6 Å². The molecule has 0 heterocycles. The maximum Gasteiger partial charge on any atom is 0.314 e. The smallest absolute Gasteiger partial charge is 0.314 e. The number of halogens is 1. The molecule has 0 aliphatic heterocycles. The molecule has 106 valence electrons. The Bertz CT molecular complexity index is 413. The van der Waals surface area contributed by atoms with Crippen LogP contribution in [0.5, 0.6) is 5.75 Å². The Morgan fingerprint density at radius 2 is 2.11 bits per heavy atom. The van der Waals surface area contributed by atoms with Crippen LogP contribution in [0.3, 0.4) is 0 Å². The van der Waals surface area contributed by atoms with Gasteiger partial charge in [-0.05, 0) is 37.1 Å². The predicted octanol–water partition coefficient (Wildman–Crippen LogP) is 1.71. The molecule has 19 heavy (non-hydrogen) atoms. The van der Waals surface area contributed by atoms with E-state index in [1.165, 1.54) is 0 Å². The van der Waals surface area contributed by atoms with Crippen molar-refractivity contribution in [2.24, 2.45) is 0 Å². The summed E-state index contributed by atoms with van der Waals surface area (Å²) in [6, 6.07) is 5.18. The van der Waals surface area contributed by atoms with Crippen molar-refractivity contribution >= 4 is 17.6 Å². The molecule has 2 amide bonds. The molecule has 0 saturated heterocycles. The maximum atomic E-state index is 11.1. The highest BCUT2D eigenvalue weighted by molar-refractivity contribution is 6.30. The van der Waals surface area contributed by atoms with Crippen molar-refractivity contribution < 1.29 is 14.6 Å². The molecule has 0 saturated carbocycles. The molecule has 0 aliphatic rings. The van der Waals surface area contributed by atoms with Crippen LogP contribution in [0.4, 0.5) is 4.79 Å². The van der Waals surface area contributed by atoms with E-state index in [0.29, 0.717) is 24.6 Å². The van der Waals surface area contributed by atoms with E-state index in [2.05, 4.69) is 10.6 Å². The van der Waals surface area contributed by atoms with Crippen LogP contribution in [0.15, 0.2) is 18.2 Å². The van der Waals surface area contributed by atoms with Gasteiger partial charge >= 0.3 is 6.03 Å². The van der Waals surface area contributed by atoms with Crippen LogP contribution in [0.1, 0.15) is 12.0 Å². The highest BCUT2D eigenvalue weighted by Crippen LogP contribution is 2.21. The maximum absolute atomic E-state index is 11.1. The Hall–Kier alpha value is -1.46. The Morgan fingerprint density at radius 3 is 2.79 bits per heavy atom. The third-order valence-corrected chi connectivity index (χ3v) is 2.63. The summed E-state index contributed by atoms with van der Waals surface area (Å²) in [4.78, 5) is 11.1. The molecule has 0 bridgehead atoms. The van der Waals surface area contributed by atoms with Crippen LogP contribution in [0, 0.1) is 6.92 Å². The number of aliphatic hydroxyl groups is 1. The molecule has 3 N–H and O–H groups in total. The molecular weight excluding hydrogens is 268 g/mol. The number of ether oxygens (including phenoxy) is 1. The van der Waals surface area contributed by atoms with Gasteiger partial charge in [-0.1, -0.05) is 11.6 Å². The van der Waals surface area contributed by atoms with E-state index in [1.54, 1.807) is 6.07 Å². The molecular formula is C13H19ClN2O3. The van der Waals surface area contributed by atoms with Crippen molar-refractivity contribution in [1.29, 1.82) is 0 Å². The van der Waals surface area contributed by atoms with Crippen molar-refractivity contribution in [3.63, 3.8) is 0 Å². The Morgan fingerprint density at radius 1 is 1.37 bits per heavy atom. The van der Waals surface area contributed by atoms with Crippen molar-refractivity contribution in [3.05, 3.63) is 28.8 Å². The van der Waals surface area contributed by atoms with Crippen molar-refractivity contribution in [3.8, 4) is 5.75 Å². The molecule has 6 heteroatoms. The van der Waals surface area contributed by atoms with Gasteiger partial charge in [0.2, 0.25) is 0 Å². The van der Waals surface area contributed by atoms with E-state index in [9.17, 15) is 4.79 Å². The second-order valence-corrected chi connectivity index (χ2v) is 4.45.